The van der Waals surface area contributed by atoms with Gasteiger partial charge in [-0.1, -0.05) is 0 Å². The third-order valence-electron chi connectivity index (χ3n) is 9.95. The number of aromatic nitrogens is 6. The predicted octanol–water partition coefficient (Wildman–Crippen LogP) is 4.37. The quantitative estimate of drug-likeness (QED) is 0.279. The van der Waals surface area contributed by atoms with Gasteiger partial charge in [0, 0.05) is 106 Å². The van der Waals surface area contributed by atoms with Gasteiger partial charge in [-0.2, -0.15) is 10.2 Å². The van der Waals surface area contributed by atoms with Crippen LogP contribution in [0.2, 0.25) is 0 Å². The maximum absolute atomic E-state index is 14.6. The summed E-state index contributed by atoms with van der Waals surface area (Å²) in [5, 5.41) is 21.3. The number of anilines is 2. The first-order chi connectivity index (χ1) is 23.7. The summed E-state index contributed by atoms with van der Waals surface area (Å²) in [6.45, 7) is 4.07. The monoisotopic (exact) mass is 674 g/mol. The summed E-state index contributed by atoms with van der Waals surface area (Å²) in [4.78, 5) is 38.5. The Morgan fingerprint density at radius 1 is 1.06 bits per heavy atom. The molecule has 13 nitrogen and oxygen atoms in total. The Labute approximate surface area is 282 Å². The molecular formula is C34H40F2N10O3. The Balaban J connectivity index is 1.16. The van der Waals surface area contributed by atoms with E-state index in [1.54, 1.807) is 42.1 Å². The second kappa shape index (κ2) is 13.5. The molecule has 7 rings (SSSR count). The van der Waals surface area contributed by atoms with Crippen molar-refractivity contribution in [1.82, 2.24) is 44.6 Å². The molecule has 0 radical (unpaired) electrons. The maximum atomic E-state index is 14.6. The fourth-order valence-corrected chi connectivity index (χ4v) is 7.38. The molecule has 1 fully saturated rings. The van der Waals surface area contributed by atoms with Crippen molar-refractivity contribution in [2.75, 3.05) is 44.7 Å². The van der Waals surface area contributed by atoms with Crippen molar-refractivity contribution in [2.24, 2.45) is 7.05 Å². The number of amides is 2. The molecule has 0 unspecified atom stereocenters. The van der Waals surface area contributed by atoms with Crippen molar-refractivity contribution < 1.29 is 23.5 Å². The van der Waals surface area contributed by atoms with Crippen LogP contribution in [-0.2, 0) is 32.9 Å². The fraction of sp³-hybridized carbons (Fsp3) is 0.471. The highest BCUT2D eigenvalue weighted by Gasteiger charge is 2.35. The number of rotatable bonds is 8. The van der Waals surface area contributed by atoms with Crippen LogP contribution in [0.3, 0.4) is 0 Å². The number of nitrogens with zero attached hydrogens (tertiary/aromatic N) is 9. The standard InChI is InChI=1S/C34H40F2N10O3/c1-37-34(49)44-13-7-28-27(20-44)32(41-46(28)24-5-10-43(11-6-24)12-8-30-38-16-22(17-39-30)33(47)48)45-9-3-4-21-14-25(23-18-40-42(2)19-23)26(31(35)36)15-29(21)45/h14-19,24,31H,3-13,20H2,1-2H3,(H,37,49)(H,47,48). The molecule has 0 atom stereocenters. The lowest BCUT2D eigenvalue weighted by molar-refractivity contribution is 0.0695. The van der Waals surface area contributed by atoms with Crippen LogP contribution < -0.4 is 10.2 Å². The number of alkyl halides is 2. The Hall–Kier alpha value is -4.92. The number of hydrogen-bond acceptors (Lipinski definition) is 8. The van der Waals surface area contributed by atoms with Gasteiger partial charge in [0.2, 0.25) is 0 Å². The molecule has 0 saturated carbocycles. The minimum atomic E-state index is -2.67. The molecule has 2 amide bonds. The number of aryl methyl sites for hydroxylation is 2. The van der Waals surface area contributed by atoms with E-state index in [4.69, 9.17) is 10.2 Å². The van der Waals surface area contributed by atoms with E-state index in [1.165, 1.54) is 12.4 Å². The summed E-state index contributed by atoms with van der Waals surface area (Å²) < 4.78 is 33.0. The molecule has 1 saturated heterocycles. The second-order valence-corrected chi connectivity index (χ2v) is 13.0. The van der Waals surface area contributed by atoms with Gasteiger partial charge < -0.3 is 25.1 Å². The largest absolute Gasteiger partial charge is 0.478 e. The first-order valence-electron chi connectivity index (χ1n) is 16.7. The van der Waals surface area contributed by atoms with Gasteiger partial charge in [0.1, 0.15) is 5.82 Å². The Morgan fingerprint density at radius 2 is 1.84 bits per heavy atom. The lowest BCUT2D eigenvalue weighted by Gasteiger charge is -2.34. The van der Waals surface area contributed by atoms with Gasteiger partial charge in [-0.15, -0.1) is 0 Å². The Kier molecular flexibility index (Phi) is 9.01. The SMILES string of the molecule is CNC(=O)N1CCc2c(c(N3CCCc4cc(-c5cnn(C)c5)c(C(F)F)cc43)nn2C2CCN(CCc3ncc(C(=O)O)cn3)CC2)C1. The molecule has 6 heterocycles. The molecule has 0 bridgehead atoms. The first-order valence-corrected chi connectivity index (χ1v) is 16.7. The van der Waals surface area contributed by atoms with E-state index in [1.807, 2.05) is 6.07 Å². The van der Waals surface area contributed by atoms with Gasteiger partial charge in [-0.05, 0) is 48.9 Å². The molecule has 49 heavy (non-hydrogen) atoms. The fourth-order valence-electron chi connectivity index (χ4n) is 7.38. The highest BCUT2D eigenvalue weighted by atomic mass is 19.3. The van der Waals surface area contributed by atoms with Crippen LogP contribution in [0.25, 0.3) is 11.1 Å². The van der Waals surface area contributed by atoms with Crippen molar-refractivity contribution in [3.8, 4) is 11.1 Å². The molecule has 3 aromatic heterocycles. The van der Waals surface area contributed by atoms with Crippen LogP contribution in [0.5, 0.6) is 0 Å². The molecule has 0 spiro atoms. The van der Waals surface area contributed by atoms with Crippen molar-refractivity contribution in [1.29, 1.82) is 0 Å². The van der Waals surface area contributed by atoms with E-state index in [2.05, 4.69) is 34.9 Å². The first kappa shape index (κ1) is 32.6. The smallest absolute Gasteiger partial charge is 0.338 e. The van der Waals surface area contributed by atoms with E-state index in [9.17, 15) is 18.4 Å². The van der Waals surface area contributed by atoms with Crippen LogP contribution in [0.4, 0.5) is 25.1 Å². The van der Waals surface area contributed by atoms with Crippen LogP contribution in [-0.4, -0.2) is 96.2 Å². The third-order valence-corrected chi connectivity index (χ3v) is 9.95. The van der Waals surface area contributed by atoms with E-state index >= 15 is 0 Å². The van der Waals surface area contributed by atoms with E-state index in [0.717, 1.165) is 73.6 Å². The van der Waals surface area contributed by atoms with Gasteiger partial charge in [-0.3, -0.25) is 9.36 Å². The molecule has 1 aromatic carbocycles. The number of halogens is 2. The lowest BCUT2D eigenvalue weighted by Crippen LogP contribution is -2.42. The van der Waals surface area contributed by atoms with Gasteiger partial charge in [0.05, 0.1) is 24.3 Å². The number of piperidine rings is 1. The van der Waals surface area contributed by atoms with Gasteiger partial charge >= 0.3 is 12.0 Å². The zero-order valence-electron chi connectivity index (χ0n) is 27.6. The minimum Gasteiger partial charge on any atom is -0.478 e. The molecule has 2 N–H and O–H groups in total. The number of hydrogen-bond donors (Lipinski definition) is 2. The average Bonchev–Trinajstić information content (AvgIpc) is 3.73. The summed E-state index contributed by atoms with van der Waals surface area (Å²) in [6.07, 6.45) is 8.05. The summed E-state index contributed by atoms with van der Waals surface area (Å²) in [7, 11) is 3.40. The molecule has 258 valence electrons. The maximum Gasteiger partial charge on any atom is 0.338 e. The number of carbonyl (C=O) groups excluding carboxylic acids is 1. The number of nitrogens with one attached hydrogen (secondary N) is 1. The zero-order valence-corrected chi connectivity index (χ0v) is 27.6. The number of carboxylic acid groups (broad SMARTS) is 1. The van der Waals surface area contributed by atoms with E-state index in [-0.39, 0.29) is 23.2 Å². The zero-order chi connectivity index (χ0) is 34.2. The van der Waals surface area contributed by atoms with Crippen molar-refractivity contribution in [2.45, 2.75) is 57.5 Å². The van der Waals surface area contributed by atoms with Crippen LogP contribution >= 0.6 is 0 Å². The highest BCUT2D eigenvalue weighted by molar-refractivity contribution is 5.86. The summed E-state index contributed by atoms with van der Waals surface area (Å²) >= 11 is 0. The van der Waals surface area contributed by atoms with Crippen LogP contribution in [0, 0.1) is 0 Å². The van der Waals surface area contributed by atoms with E-state index < -0.39 is 12.4 Å². The van der Waals surface area contributed by atoms with Crippen molar-refractivity contribution in [3.63, 3.8) is 0 Å². The van der Waals surface area contributed by atoms with Gasteiger partial charge in [-0.25, -0.2) is 28.3 Å². The van der Waals surface area contributed by atoms with E-state index in [0.29, 0.717) is 49.4 Å². The average molecular weight is 675 g/mol. The number of likely N-dealkylation sites (tertiary alicyclic amines) is 1. The number of urea groups is 1. The Bertz CT molecular complexity index is 1850. The topological polar surface area (TPSA) is 138 Å². The van der Waals surface area contributed by atoms with Crippen molar-refractivity contribution in [3.05, 3.63) is 70.7 Å². The van der Waals surface area contributed by atoms with Crippen molar-refractivity contribution >= 4 is 23.5 Å². The summed E-state index contributed by atoms with van der Waals surface area (Å²) in [6, 6.07) is 3.52. The number of benzene rings is 1. The molecule has 3 aliphatic rings. The summed E-state index contributed by atoms with van der Waals surface area (Å²) in [5.41, 5.74) is 5.01. The van der Waals surface area contributed by atoms with Crippen LogP contribution in [0.1, 0.15) is 70.3 Å². The predicted molar refractivity (Wildman–Crippen MR) is 177 cm³/mol. The minimum absolute atomic E-state index is 0.0328. The molecule has 3 aliphatic heterocycles. The molecule has 0 aliphatic carbocycles. The van der Waals surface area contributed by atoms with Gasteiger partial charge in [0.15, 0.2) is 5.82 Å². The lowest BCUT2D eigenvalue weighted by atomic mass is 9.92. The Morgan fingerprint density at radius 3 is 2.51 bits per heavy atom. The highest BCUT2D eigenvalue weighted by Crippen LogP contribution is 2.43. The van der Waals surface area contributed by atoms with Gasteiger partial charge in [0.25, 0.3) is 6.43 Å². The summed E-state index contributed by atoms with van der Waals surface area (Å²) in [5.74, 6) is 0.308. The molecule has 15 heteroatoms. The number of aromatic carboxylic acids is 1. The molecule has 4 aromatic rings. The number of fused-ring (bicyclic) bond motifs is 2. The normalized spacial score (nSPS) is 16.9. The van der Waals surface area contributed by atoms with Crippen LogP contribution in [0.15, 0.2) is 36.9 Å². The number of carboxylic acids is 1. The molecular weight excluding hydrogens is 634 g/mol. The third kappa shape index (κ3) is 6.46. The second-order valence-electron chi connectivity index (χ2n) is 13.0. The number of carbonyl (C=O) groups is 2.